The molecule has 1 unspecified atom stereocenters. The van der Waals surface area contributed by atoms with E-state index >= 15 is 0 Å². The Morgan fingerprint density at radius 2 is 1.74 bits per heavy atom. The molecule has 0 bridgehead atoms. The highest BCUT2D eigenvalue weighted by Gasteiger charge is 2.31. The van der Waals surface area contributed by atoms with E-state index in [0.29, 0.717) is 18.1 Å². The molecule has 1 saturated carbocycles. The Bertz CT molecular complexity index is 603. The van der Waals surface area contributed by atoms with Crippen LogP contribution in [0.25, 0.3) is 0 Å². The zero-order valence-electron chi connectivity index (χ0n) is 17.4. The van der Waals surface area contributed by atoms with E-state index in [1.165, 1.54) is 25.7 Å². The van der Waals surface area contributed by atoms with Crippen molar-refractivity contribution in [2.24, 2.45) is 22.7 Å². The van der Waals surface area contributed by atoms with Gasteiger partial charge in [0.1, 0.15) is 0 Å². The summed E-state index contributed by atoms with van der Waals surface area (Å²) in [7, 11) is -0.978. The van der Waals surface area contributed by atoms with Gasteiger partial charge in [0.15, 0.2) is 15.8 Å². The number of piperazine rings is 1. The number of rotatable bonds is 4. The third kappa shape index (κ3) is 5.59. The number of hydrogen-bond acceptors (Lipinski definition) is 4. The van der Waals surface area contributed by atoms with Gasteiger partial charge in [0, 0.05) is 45.8 Å². The van der Waals surface area contributed by atoms with Crippen LogP contribution in [0.4, 0.5) is 0 Å². The second kappa shape index (κ2) is 9.12. The molecule has 3 aliphatic rings. The van der Waals surface area contributed by atoms with Crippen molar-refractivity contribution in [3.05, 3.63) is 0 Å². The van der Waals surface area contributed by atoms with Crippen molar-refractivity contribution in [2.45, 2.75) is 52.0 Å². The monoisotopic (exact) mass is 398 g/mol. The van der Waals surface area contributed by atoms with Gasteiger partial charge in [-0.05, 0) is 49.9 Å². The summed E-state index contributed by atoms with van der Waals surface area (Å²) in [4.78, 5) is 9.46. The van der Waals surface area contributed by atoms with Crippen molar-refractivity contribution in [1.82, 2.24) is 15.1 Å². The van der Waals surface area contributed by atoms with E-state index < -0.39 is 9.84 Å². The lowest BCUT2D eigenvalue weighted by Crippen LogP contribution is -2.55. The minimum atomic E-state index is -2.80. The SMILES string of the molecule is CN=C(NCC1CCS(=O)(=O)C1)N1CCN(C2CCC(C(C)C)CC2)CC1. The Morgan fingerprint density at radius 1 is 1.07 bits per heavy atom. The topological polar surface area (TPSA) is 65.0 Å². The molecule has 7 heteroatoms. The van der Waals surface area contributed by atoms with Crippen LogP contribution in [0.3, 0.4) is 0 Å². The van der Waals surface area contributed by atoms with E-state index in [1.807, 2.05) is 7.05 Å². The highest BCUT2D eigenvalue weighted by molar-refractivity contribution is 7.91. The predicted molar refractivity (Wildman–Crippen MR) is 112 cm³/mol. The van der Waals surface area contributed by atoms with Crippen LogP contribution in [0.1, 0.15) is 46.0 Å². The molecular weight excluding hydrogens is 360 g/mol. The zero-order chi connectivity index (χ0) is 19.4. The van der Waals surface area contributed by atoms with Crippen molar-refractivity contribution in [2.75, 3.05) is 51.3 Å². The fourth-order valence-electron chi connectivity index (χ4n) is 5.03. The molecule has 1 N–H and O–H groups in total. The van der Waals surface area contributed by atoms with Gasteiger partial charge in [0.05, 0.1) is 11.5 Å². The lowest BCUT2D eigenvalue weighted by atomic mass is 9.79. The van der Waals surface area contributed by atoms with Gasteiger partial charge in [0.25, 0.3) is 0 Å². The van der Waals surface area contributed by atoms with Gasteiger partial charge in [-0.25, -0.2) is 8.42 Å². The van der Waals surface area contributed by atoms with E-state index in [9.17, 15) is 8.42 Å². The van der Waals surface area contributed by atoms with Crippen molar-refractivity contribution in [1.29, 1.82) is 0 Å². The largest absolute Gasteiger partial charge is 0.356 e. The summed E-state index contributed by atoms with van der Waals surface area (Å²) in [6.45, 7) is 9.67. The van der Waals surface area contributed by atoms with Crippen molar-refractivity contribution < 1.29 is 8.42 Å². The van der Waals surface area contributed by atoms with Gasteiger partial charge in [-0.15, -0.1) is 0 Å². The molecule has 3 fully saturated rings. The maximum atomic E-state index is 11.6. The van der Waals surface area contributed by atoms with Crippen LogP contribution in [0.15, 0.2) is 4.99 Å². The van der Waals surface area contributed by atoms with E-state index in [-0.39, 0.29) is 5.92 Å². The van der Waals surface area contributed by atoms with Gasteiger partial charge in [-0.1, -0.05) is 13.8 Å². The van der Waals surface area contributed by atoms with Crippen LogP contribution in [0.2, 0.25) is 0 Å². The molecule has 0 aromatic heterocycles. The highest BCUT2D eigenvalue weighted by Crippen LogP contribution is 2.32. The molecule has 27 heavy (non-hydrogen) atoms. The second-order valence-electron chi connectivity index (χ2n) is 9.03. The average molecular weight is 399 g/mol. The van der Waals surface area contributed by atoms with Gasteiger partial charge in [-0.2, -0.15) is 0 Å². The molecule has 6 nitrogen and oxygen atoms in total. The zero-order valence-corrected chi connectivity index (χ0v) is 18.2. The Morgan fingerprint density at radius 3 is 2.26 bits per heavy atom. The molecule has 0 spiro atoms. The maximum absolute atomic E-state index is 11.6. The molecule has 1 atom stereocenters. The minimum absolute atomic E-state index is 0.226. The lowest BCUT2D eigenvalue weighted by Gasteiger charge is -2.43. The van der Waals surface area contributed by atoms with Crippen LogP contribution in [-0.2, 0) is 9.84 Å². The summed E-state index contributed by atoms with van der Waals surface area (Å²) in [5.41, 5.74) is 0. The van der Waals surface area contributed by atoms with Gasteiger partial charge >= 0.3 is 0 Å². The molecule has 0 amide bonds. The number of sulfone groups is 1. The van der Waals surface area contributed by atoms with E-state index in [0.717, 1.165) is 56.4 Å². The highest BCUT2D eigenvalue weighted by atomic mass is 32.2. The average Bonchev–Trinajstić information content (AvgIpc) is 3.01. The quantitative estimate of drug-likeness (QED) is 0.578. The number of nitrogens with zero attached hydrogens (tertiary/aromatic N) is 3. The fourth-order valence-corrected chi connectivity index (χ4v) is 6.90. The molecule has 2 saturated heterocycles. The molecule has 3 rings (SSSR count). The Kier molecular flexibility index (Phi) is 7.06. The number of guanidine groups is 1. The number of aliphatic imine (C=N–C) groups is 1. The molecule has 156 valence electrons. The molecule has 2 heterocycles. The first kappa shape index (κ1) is 20.9. The summed E-state index contributed by atoms with van der Waals surface area (Å²) in [6, 6.07) is 0.765. The third-order valence-electron chi connectivity index (χ3n) is 6.90. The summed E-state index contributed by atoms with van der Waals surface area (Å²) in [5.74, 6) is 3.57. The van der Waals surface area contributed by atoms with E-state index in [2.05, 4.69) is 34.0 Å². The van der Waals surface area contributed by atoms with Crippen LogP contribution < -0.4 is 5.32 Å². The summed E-state index contributed by atoms with van der Waals surface area (Å²) in [5, 5.41) is 3.42. The Labute approximate surface area is 165 Å². The van der Waals surface area contributed by atoms with E-state index in [1.54, 1.807) is 0 Å². The van der Waals surface area contributed by atoms with Crippen molar-refractivity contribution >= 4 is 15.8 Å². The van der Waals surface area contributed by atoms with Crippen LogP contribution in [0.5, 0.6) is 0 Å². The van der Waals surface area contributed by atoms with E-state index in [4.69, 9.17) is 0 Å². The normalized spacial score (nSPS) is 32.8. The molecule has 0 aromatic carbocycles. The van der Waals surface area contributed by atoms with Crippen molar-refractivity contribution in [3.63, 3.8) is 0 Å². The first-order valence-electron chi connectivity index (χ1n) is 10.8. The number of hydrogen-bond donors (Lipinski definition) is 1. The van der Waals surface area contributed by atoms with Gasteiger partial charge in [-0.3, -0.25) is 9.89 Å². The Hall–Kier alpha value is -0.820. The Balaban J connectivity index is 1.41. The summed E-state index contributed by atoms with van der Waals surface area (Å²) in [6.07, 6.45) is 6.25. The first-order valence-corrected chi connectivity index (χ1v) is 12.6. The number of nitrogens with one attached hydrogen (secondary N) is 1. The molecule has 2 aliphatic heterocycles. The summed E-state index contributed by atoms with van der Waals surface area (Å²) >= 11 is 0. The maximum Gasteiger partial charge on any atom is 0.193 e. The van der Waals surface area contributed by atoms with Crippen LogP contribution in [-0.4, -0.2) is 81.5 Å². The molecule has 0 radical (unpaired) electrons. The van der Waals surface area contributed by atoms with Crippen LogP contribution >= 0.6 is 0 Å². The fraction of sp³-hybridized carbons (Fsp3) is 0.950. The smallest absolute Gasteiger partial charge is 0.193 e. The third-order valence-corrected chi connectivity index (χ3v) is 8.74. The van der Waals surface area contributed by atoms with Crippen molar-refractivity contribution in [3.8, 4) is 0 Å². The van der Waals surface area contributed by atoms with Gasteiger partial charge < -0.3 is 10.2 Å². The van der Waals surface area contributed by atoms with Gasteiger partial charge in [0.2, 0.25) is 0 Å². The minimum Gasteiger partial charge on any atom is -0.356 e. The first-order chi connectivity index (χ1) is 12.9. The predicted octanol–water partition coefficient (Wildman–Crippen LogP) is 1.83. The van der Waals surface area contributed by atoms with Crippen LogP contribution in [0, 0.1) is 17.8 Å². The molecular formula is C20H38N4O2S. The molecule has 1 aliphatic carbocycles. The summed E-state index contributed by atoms with van der Waals surface area (Å²) < 4.78 is 23.3. The standard InChI is InChI=1S/C20H38N4O2S/c1-16(2)18-4-6-19(7-5-18)23-9-11-24(12-10-23)20(21-3)22-14-17-8-13-27(25,26)15-17/h16-19H,4-15H2,1-3H3,(H,21,22). The second-order valence-corrected chi connectivity index (χ2v) is 11.3. The lowest BCUT2D eigenvalue weighted by molar-refractivity contribution is 0.0864. The molecule has 0 aromatic rings.